The maximum atomic E-state index is 13.3. The Balaban J connectivity index is 1.95. The molecule has 2 aromatic rings. The van der Waals surface area contributed by atoms with Gasteiger partial charge >= 0.3 is 0 Å². The number of rotatable bonds is 1. The predicted molar refractivity (Wildman–Crippen MR) is 98.8 cm³/mol. The summed E-state index contributed by atoms with van der Waals surface area (Å²) in [5, 5.41) is 1.21. The van der Waals surface area contributed by atoms with E-state index in [1.807, 2.05) is 37.4 Å². The van der Waals surface area contributed by atoms with Gasteiger partial charge in [0.05, 0.1) is 16.9 Å². The Bertz CT molecular complexity index is 875. The van der Waals surface area contributed by atoms with Crippen LogP contribution in [0.1, 0.15) is 18.4 Å². The summed E-state index contributed by atoms with van der Waals surface area (Å²) in [6.45, 7) is 0.978. The van der Waals surface area contributed by atoms with Gasteiger partial charge in [0.25, 0.3) is 5.91 Å². The molecule has 0 unspecified atom stereocenters. The Labute approximate surface area is 151 Å². The van der Waals surface area contributed by atoms with Gasteiger partial charge < -0.3 is 4.90 Å². The minimum absolute atomic E-state index is 0.0155. The molecule has 0 aliphatic carbocycles. The second kappa shape index (κ2) is 5.83. The number of fused-ring (bicyclic) bond motifs is 1. The molecule has 122 valence electrons. The highest BCUT2D eigenvalue weighted by Crippen LogP contribution is 2.45. The van der Waals surface area contributed by atoms with E-state index in [9.17, 15) is 4.79 Å². The van der Waals surface area contributed by atoms with Crippen molar-refractivity contribution in [1.29, 1.82) is 0 Å². The third-order valence-corrected chi connectivity index (χ3v) is 5.08. The van der Waals surface area contributed by atoms with Gasteiger partial charge in [0.15, 0.2) is 0 Å². The van der Waals surface area contributed by atoms with Gasteiger partial charge in [-0.1, -0.05) is 35.3 Å². The molecule has 3 nitrogen and oxygen atoms in total. The van der Waals surface area contributed by atoms with E-state index in [2.05, 4.69) is 4.90 Å². The molecule has 5 heteroatoms. The van der Waals surface area contributed by atoms with E-state index in [0.29, 0.717) is 10.0 Å². The fourth-order valence-electron chi connectivity index (χ4n) is 3.51. The molecule has 0 radical (unpaired) electrons. The van der Waals surface area contributed by atoms with Crippen molar-refractivity contribution < 1.29 is 4.79 Å². The zero-order valence-electron chi connectivity index (χ0n) is 13.2. The van der Waals surface area contributed by atoms with Crippen LogP contribution in [0.4, 0.5) is 11.4 Å². The lowest BCUT2D eigenvalue weighted by molar-refractivity contribution is -0.112. The van der Waals surface area contributed by atoms with Crippen molar-refractivity contribution in [1.82, 2.24) is 4.90 Å². The number of anilines is 2. The summed E-state index contributed by atoms with van der Waals surface area (Å²) in [7, 11) is 2.04. The molecule has 24 heavy (non-hydrogen) atoms. The van der Waals surface area contributed by atoms with Crippen LogP contribution in [-0.2, 0) is 4.79 Å². The van der Waals surface area contributed by atoms with E-state index in [4.69, 9.17) is 23.2 Å². The summed E-state index contributed by atoms with van der Waals surface area (Å²) in [5.74, 6) is -0.0155. The van der Waals surface area contributed by atoms with Crippen LogP contribution in [-0.4, -0.2) is 24.4 Å². The van der Waals surface area contributed by atoms with E-state index >= 15 is 0 Å². The van der Waals surface area contributed by atoms with E-state index in [1.54, 1.807) is 17.0 Å². The number of likely N-dealkylation sites (tertiary alicyclic amines) is 1. The lowest BCUT2D eigenvalue weighted by Gasteiger charge is -2.18. The van der Waals surface area contributed by atoms with Crippen molar-refractivity contribution in [2.75, 3.05) is 18.5 Å². The molecular formula is C19H16Cl2N2O. The summed E-state index contributed by atoms with van der Waals surface area (Å²) in [6, 6.07) is 13.0. The fourth-order valence-corrected chi connectivity index (χ4v) is 3.86. The summed E-state index contributed by atoms with van der Waals surface area (Å²) in [4.78, 5) is 17.2. The van der Waals surface area contributed by atoms with Gasteiger partial charge in [0.2, 0.25) is 0 Å². The third kappa shape index (κ3) is 2.40. The van der Waals surface area contributed by atoms with Gasteiger partial charge in [-0.25, -0.2) is 0 Å². The van der Waals surface area contributed by atoms with Crippen molar-refractivity contribution in [3.63, 3.8) is 0 Å². The fraction of sp³-hybridized carbons (Fsp3) is 0.211. The standard InChI is InChI=1S/C19H16Cl2N2O/c1-22-9-3-6-16(22)18-15-8-7-13(21)11-17(15)23(19(18)24)14-5-2-4-12(20)10-14/h2,4-5,7-8,10-11H,3,6,9H2,1H3/b18-16+. The van der Waals surface area contributed by atoms with Crippen LogP contribution >= 0.6 is 23.2 Å². The Morgan fingerprint density at radius 1 is 1.04 bits per heavy atom. The number of nitrogens with zero attached hydrogens (tertiary/aromatic N) is 2. The molecule has 4 rings (SSSR count). The topological polar surface area (TPSA) is 23.6 Å². The summed E-state index contributed by atoms with van der Waals surface area (Å²) < 4.78 is 0. The molecule has 0 atom stereocenters. The molecule has 0 saturated carbocycles. The molecule has 2 heterocycles. The lowest BCUT2D eigenvalue weighted by atomic mass is 10.0. The van der Waals surface area contributed by atoms with E-state index in [-0.39, 0.29) is 5.91 Å². The smallest absolute Gasteiger partial charge is 0.265 e. The molecule has 0 aromatic heterocycles. The van der Waals surface area contributed by atoms with Crippen LogP contribution in [0, 0.1) is 0 Å². The number of hydrogen-bond acceptors (Lipinski definition) is 2. The number of carbonyl (C=O) groups is 1. The number of halogens is 2. The first-order valence-electron chi connectivity index (χ1n) is 7.90. The van der Waals surface area contributed by atoms with Gasteiger partial charge in [-0.05, 0) is 43.2 Å². The lowest BCUT2D eigenvalue weighted by Crippen LogP contribution is -2.22. The number of hydrogen-bond donors (Lipinski definition) is 0. The van der Waals surface area contributed by atoms with Gasteiger partial charge in [0.1, 0.15) is 0 Å². The minimum atomic E-state index is -0.0155. The molecule has 0 spiro atoms. The van der Waals surface area contributed by atoms with Crippen molar-refractivity contribution in [3.05, 3.63) is 63.8 Å². The zero-order chi connectivity index (χ0) is 16.8. The average Bonchev–Trinajstić information content (AvgIpc) is 3.07. The normalized spacial score (nSPS) is 20.0. The first-order valence-corrected chi connectivity index (χ1v) is 8.66. The Kier molecular flexibility index (Phi) is 3.78. The van der Waals surface area contributed by atoms with E-state index in [0.717, 1.165) is 47.6 Å². The van der Waals surface area contributed by atoms with E-state index in [1.165, 1.54) is 0 Å². The van der Waals surface area contributed by atoms with Crippen molar-refractivity contribution >= 4 is 46.1 Å². The van der Waals surface area contributed by atoms with Crippen molar-refractivity contribution in [2.45, 2.75) is 12.8 Å². The maximum absolute atomic E-state index is 13.3. The van der Waals surface area contributed by atoms with Gasteiger partial charge in [-0.2, -0.15) is 0 Å². The SMILES string of the molecule is CN1CCC/C1=C1\C(=O)N(c2cccc(Cl)c2)c2cc(Cl)ccc21. The number of amides is 1. The zero-order valence-corrected chi connectivity index (χ0v) is 14.7. The highest BCUT2D eigenvalue weighted by atomic mass is 35.5. The molecule has 1 saturated heterocycles. The summed E-state index contributed by atoms with van der Waals surface area (Å²) >= 11 is 12.3. The average molecular weight is 359 g/mol. The Morgan fingerprint density at radius 2 is 1.83 bits per heavy atom. The highest BCUT2D eigenvalue weighted by Gasteiger charge is 2.37. The summed E-state index contributed by atoms with van der Waals surface area (Å²) in [5.41, 5.74) is 4.40. The minimum Gasteiger partial charge on any atom is -0.377 e. The molecule has 2 aliphatic rings. The van der Waals surface area contributed by atoms with Crippen molar-refractivity contribution in [3.8, 4) is 0 Å². The molecule has 1 fully saturated rings. The monoisotopic (exact) mass is 358 g/mol. The third-order valence-electron chi connectivity index (χ3n) is 4.61. The Morgan fingerprint density at radius 3 is 2.54 bits per heavy atom. The highest BCUT2D eigenvalue weighted by molar-refractivity contribution is 6.37. The molecule has 2 aromatic carbocycles. The Hall–Kier alpha value is -1.97. The number of benzene rings is 2. The number of allylic oxidation sites excluding steroid dienone is 1. The molecule has 0 N–H and O–H groups in total. The van der Waals surface area contributed by atoms with E-state index < -0.39 is 0 Å². The van der Waals surface area contributed by atoms with Crippen LogP contribution in [0.5, 0.6) is 0 Å². The predicted octanol–water partition coefficient (Wildman–Crippen LogP) is 5.11. The molecular weight excluding hydrogens is 343 g/mol. The second-order valence-corrected chi connectivity index (χ2v) is 7.00. The summed E-state index contributed by atoms with van der Waals surface area (Å²) in [6.07, 6.45) is 1.99. The first kappa shape index (κ1) is 15.6. The van der Waals surface area contributed by atoms with Crippen molar-refractivity contribution in [2.24, 2.45) is 0 Å². The van der Waals surface area contributed by atoms with Crippen LogP contribution in [0.2, 0.25) is 10.0 Å². The van der Waals surface area contributed by atoms with Crippen LogP contribution in [0.25, 0.3) is 5.57 Å². The molecule has 1 amide bonds. The maximum Gasteiger partial charge on any atom is 0.265 e. The molecule has 2 aliphatic heterocycles. The van der Waals surface area contributed by atoms with Crippen LogP contribution in [0.3, 0.4) is 0 Å². The first-order chi connectivity index (χ1) is 11.6. The van der Waals surface area contributed by atoms with Crippen LogP contribution < -0.4 is 4.90 Å². The van der Waals surface area contributed by atoms with Gasteiger partial charge in [-0.15, -0.1) is 0 Å². The largest absolute Gasteiger partial charge is 0.377 e. The quantitative estimate of drug-likeness (QED) is 0.661. The van der Waals surface area contributed by atoms with Gasteiger partial charge in [0, 0.05) is 34.9 Å². The molecule has 0 bridgehead atoms. The van der Waals surface area contributed by atoms with Crippen LogP contribution in [0.15, 0.2) is 48.2 Å². The second-order valence-electron chi connectivity index (χ2n) is 6.13. The number of carbonyl (C=O) groups excluding carboxylic acids is 1. The van der Waals surface area contributed by atoms with Gasteiger partial charge in [-0.3, -0.25) is 9.69 Å².